The van der Waals surface area contributed by atoms with Gasteiger partial charge in [-0.1, -0.05) is 140 Å². The summed E-state index contributed by atoms with van der Waals surface area (Å²) >= 11 is 0. The number of aromatic nitrogens is 4. The molecule has 322 valence electrons. The lowest BCUT2D eigenvalue weighted by Crippen LogP contribution is -2.16. The van der Waals surface area contributed by atoms with Crippen molar-refractivity contribution in [2.75, 3.05) is 0 Å². The van der Waals surface area contributed by atoms with E-state index in [1.165, 1.54) is 0 Å². The summed E-state index contributed by atoms with van der Waals surface area (Å²) in [5, 5.41) is 3.26. The maximum atomic E-state index is 16.8. The van der Waals surface area contributed by atoms with E-state index in [-0.39, 0.29) is 11.4 Å². The second-order valence-electron chi connectivity index (χ2n) is 16.8. The van der Waals surface area contributed by atoms with Crippen molar-refractivity contribution in [1.29, 1.82) is 0 Å². The zero-order chi connectivity index (χ0) is 45.9. The van der Waals surface area contributed by atoms with Crippen LogP contribution in [-0.2, 0) is 6.18 Å². The molecule has 0 unspecified atom stereocenters. The molecule has 0 saturated carbocycles. The predicted octanol–water partition coefficient (Wildman–Crippen LogP) is 16.6. The summed E-state index contributed by atoms with van der Waals surface area (Å²) in [5.74, 6) is 0. The SMILES string of the molecule is [C-]#[N+]c1cccc(-c2cc(-n3c4ccccc4c4ccc(-c5ccnc(-c6ccccc6)c5)cc43)c(C(F)(F)F)c(-n3c4ccccc4c4ccc(-c5ccnc(-c6ccccc6)c5)cc43)c2)c1. The van der Waals surface area contributed by atoms with Gasteiger partial charge in [-0.25, -0.2) is 4.85 Å². The number of hydrogen-bond donors (Lipinski definition) is 0. The largest absolute Gasteiger partial charge is 0.420 e. The molecule has 0 saturated heterocycles. The fraction of sp³-hybridized carbons (Fsp3) is 0.0167. The summed E-state index contributed by atoms with van der Waals surface area (Å²) in [6, 6.07) is 65.2. The fourth-order valence-electron chi connectivity index (χ4n) is 9.75. The van der Waals surface area contributed by atoms with Crippen molar-refractivity contribution in [2.45, 2.75) is 6.18 Å². The first-order chi connectivity index (χ1) is 33.3. The third-order valence-corrected chi connectivity index (χ3v) is 12.8. The number of benzene rings is 8. The summed E-state index contributed by atoms with van der Waals surface area (Å²) in [5.41, 5.74) is 10.0. The van der Waals surface area contributed by atoms with Gasteiger partial charge in [0.1, 0.15) is 5.56 Å². The van der Waals surface area contributed by atoms with Gasteiger partial charge in [0.2, 0.25) is 0 Å². The third-order valence-electron chi connectivity index (χ3n) is 12.8. The average Bonchev–Trinajstić information content (AvgIpc) is 3.90. The predicted molar refractivity (Wildman–Crippen MR) is 269 cm³/mol. The van der Waals surface area contributed by atoms with Gasteiger partial charge in [0, 0.05) is 45.1 Å². The molecule has 0 aliphatic carbocycles. The number of halogens is 3. The highest BCUT2D eigenvalue weighted by Crippen LogP contribution is 2.47. The Bertz CT molecular complexity index is 3750. The van der Waals surface area contributed by atoms with Crippen molar-refractivity contribution in [3.05, 3.63) is 236 Å². The van der Waals surface area contributed by atoms with Gasteiger partial charge in [-0.2, -0.15) is 13.2 Å². The minimum absolute atomic E-state index is 0.0370. The van der Waals surface area contributed by atoms with E-state index in [4.69, 9.17) is 6.57 Å². The van der Waals surface area contributed by atoms with Gasteiger partial charge < -0.3 is 9.13 Å². The monoisotopic (exact) mass is 883 g/mol. The molecule has 4 heterocycles. The minimum Gasteiger partial charge on any atom is -0.309 e. The van der Waals surface area contributed by atoms with E-state index in [0.29, 0.717) is 38.9 Å². The van der Waals surface area contributed by atoms with Crippen molar-refractivity contribution in [3.63, 3.8) is 0 Å². The summed E-state index contributed by atoms with van der Waals surface area (Å²) in [6.45, 7) is 7.86. The van der Waals surface area contributed by atoms with Gasteiger partial charge in [0.05, 0.1) is 51.4 Å². The van der Waals surface area contributed by atoms with Crippen molar-refractivity contribution in [1.82, 2.24) is 19.1 Å². The molecule has 0 spiro atoms. The maximum absolute atomic E-state index is 16.8. The van der Waals surface area contributed by atoms with E-state index in [1.54, 1.807) is 51.9 Å². The number of fused-ring (bicyclic) bond motifs is 6. The molecule has 12 rings (SSSR count). The van der Waals surface area contributed by atoms with Crippen LogP contribution in [0.5, 0.6) is 0 Å². The Hall–Kier alpha value is -9.06. The highest BCUT2D eigenvalue weighted by Gasteiger charge is 2.39. The molecule has 0 aliphatic heterocycles. The molecule has 68 heavy (non-hydrogen) atoms. The number of nitrogens with zero attached hydrogens (tertiary/aromatic N) is 5. The number of hydrogen-bond acceptors (Lipinski definition) is 2. The van der Waals surface area contributed by atoms with E-state index >= 15 is 13.2 Å². The number of alkyl halides is 3. The molecule has 5 nitrogen and oxygen atoms in total. The van der Waals surface area contributed by atoms with Crippen molar-refractivity contribution in [3.8, 4) is 67.3 Å². The van der Waals surface area contributed by atoms with Crippen molar-refractivity contribution in [2.24, 2.45) is 0 Å². The first kappa shape index (κ1) is 40.4. The van der Waals surface area contributed by atoms with E-state index in [0.717, 1.165) is 66.3 Å². The minimum atomic E-state index is -4.85. The van der Waals surface area contributed by atoms with E-state index in [2.05, 4.69) is 14.8 Å². The Morgan fingerprint density at radius 2 is 0.794 bits per heavy atom. The highest BCUT2D eigenvalue weighted by atomic mass is 19.4. The highest BCUT2D eigenvalue weighted by molar-refractivity contribution is 6.12. The van der Waals surface area contributed by atoms with Crippen LogP contribution in [-0.4, -0.2) is 19.1 Å². The Kier molecular flexibility index (Phi) is 9.59. The standard InChI is InChI=1S/C60H36F3N5/c1-64-46-18-12-17-40(31-46)45-36-57(67-53-21-10-8-19-47(53)49-25-23-41(34-55(49)67)43-27-29-65-51(32-43)38-13-4-2-5-14-38)59(60(61,62)63)58(37-45)68-54-22-11-9-20-48(54)50-26-24-42(35-56(50)68)44-28-30-66-52(33-44)39-15-6-3-7-16-39/h2-37H. The first-order valence-electron chi connectivity index (χ1n) is 22.1. The number of pyridine rings is 2. The Balaban J connectivity index is 1.17. The molecule has 0 amide bonds. The van der Waals surface area contributed by atoms with Crippen molar-refractivity contribution >= 4 is 49.3 Å². The number of para-hydroxylation sites is 2. The molecule has 4 aromatic heterocycles. The van der Waals surface area contributed by atoms with E-state index in [1.807, 2.05) is 176 Å². The molecule has 8 heteroatoms. The summed E-state index contributed by atoms with van der Waals surface area (Å²) in [6.07, 6.45) is -1.32. The zero-order valence-electron chi connectivity index (χ0n) is 36.2. The molecular formula is C60H36F3N5. The molecule has 8 aromatic carbocycles. The topological polar surface area (TPSA) is 40.0 Å². The lowest BCUT2D eigenvalue weighted by atomic mass is 9.98. The van der Waals surface area contributed by atoms with Gasteiger partial charge in [-0.3, -0.25) is 9.97 Å². The van der Waals surface area contributed by atoms with Gasteiger partial charge in [0.25, 0.3) is 0 Å². The van der Waals surface area contributed by atoms with Gasteiger partial charge in [-0.15, -0.1) is 0 Å². The Morgan fingerprint density at radius 1 is 0.368 bits per heavy atom. The van der Waals surface area contributed by atoms with Crippen LogP contribution in [0.25, 0.3) is 116 Å². The van der Waals surface area contributed by atoms with Crippen LogP contribution in [0.1, 0.15) is 5.56 Å². The fourth-order valence-corrected chi connectivity index (χ4v) is 9.75. The van der Waals surface area contributed by atoms with Crippen LogP contribution in [0.3, 0.4) is 0 Å². The van der Waals surface area contributed by atoms with Gasteiger partial charge in [0.15, 0.2) is 5.69 Å². The smallest absolute Gasteiger partial charge is 0.309 e. The second kappa shape index (κ2) is 16.1. The third kappa shape index (κ3) is 6.88. The second-order valence-corrected chi connectivity index (χ2v) is 16.8. The summed E-state index contributed by atoms with van der Waals surface area (Å²) in [4.78, 5) is 13.0. The molecule has 0 atom stereocenters. The summed E-state index contributed by atoms with van der Waals surface area (Å²) < 4.78 is 53.8. The van der Waals surface area contributed by atoms with E-state index in [9.17, 15) is 0 Å². The number of rotatable bonds is 7. The molecular weight excluding hydrogens is 848 g/mol. The van der Waals surface area contributed by atoms with Crippen LogP contribution in [0, 0.1) is 6.57 Å². The van der Waals surface area contributed by atoms with Crippen molar-refractivity contribution < 1.29 is 13.2 Å². The van der Waals surface area contributed by atoms with Crippen LogP contribution >= 0.6 is 0 Å². The summed E-state index contributed by atoms with van der Waals surface area (Å²) in [7, 11) is 0. The average molecular weight is 884 g/mol. The van der Waals surface area contributed by atoms with Gasteiger partial charge >= 0.3 is 6.18 Å². The zero-order valence-corrected chi connectivity index (χ0v) is 36.2. The molecule has 0 radical (unpaired) electrons. The van der Waals surface area contributed by atoms with Crippen LogP contribution < -0.4 is 0 Å². The molecule has 0 bridgehead atoms. The maximum Gasteiger partial charge on any atom is 0.420 e. The molecule has 0 fully saturated rings. The lowest BCUT2D eigenvalue weighted by Gasteiger charge is -2.23. The first-order valence-corrected chi connectivity index (χ1v) is 22.1. The molecule has 12 aromatic rings. The van der Waals surface area contributed by atoms with E-state index < -0.39 is 11.7 Å². The normalized spacial score (nSPS) is 11.7. The quantitative estimate of drug-likeness (QED) is 0.150. The molecule has 0 N–H and O–H groups in total. The van der Waals surface area contributed by atoms with Crippen LogP contribution in [0.4, 0.5) is 18.9 Å². The van der Waals surface area contributed by atoms with Crippen LogP contribution in [0.15, 0.2) is 219 Å². The molecule has 0 aliphatic rings. The van der Waals surface area contributed by atoms with Crippen LogP contribution in [0.2, 0.25) is 0 Å². The van der Waals surface area contributed by atoms with Gasteiger partial charge in [-0.05, 0) is 100 Å². The Morgan fingerprint density at radius 3 is 1.28 bits per heavy atom. The Labute approximate surface area is 389 Å². The lowest BCUT2D eigenvalue weighted by molar-refractivity contribution is -0.137.